The smallest absolute Gasteiger partial charge is 0.249 e. The van der Waals surface area contributed by atoms with Crippen molar-refractivity contribution in [3.8, 4) is 10.7 Å². The van der Waals surface area contributed by atoms with Crippen LogP contribution in [-0.4, -0.2) is 41.2 Å². The van der Waals surface area contributed by atoms with Crippen molar-refractivity contribution in [2.75, 3.05) is 20.3 Å². The minimum atomic E-state index is -0.0964. The number of carbonyl (C=O) groups excluding carboxylic acids is 1. The van der Waals surface area contributed by atoms with E-state index in [4.69, 9.17) is 9.26 Å². The van der Waals surface area contributed by atoms with Crippen LogP contribution in [0.2, 0.25) is 0 Å². The van der Waals surface area contributed by atoms with Crippen molar-refractivity contribution in [3.05, 3.63) is 23.4 Å². The Morgan fingerprint density at radius 2 is 2.42 bits per heavy atom. The molecule has 2 heterocycles. The molecule has 6 nitrogen and oxygen atoms in total. The Labute approximate surface area is 115 Å². The van der Waals surface area contributed by atoms with E-state index >= 15 is 0 Å². The lowest BCUT2D eigenvalue weighted by atomic mass is 10.4. The van der Waals surface area contributed by atoms with E-state index in [0.717, 1.165) is 4.88 Å². The molecule has 0 saturated heterocycles. The van der Waals surface area contributed by atoms with Crippen molar-refractivity contribution in [1.29, 1.82) is 0 Å². The number of likely N-dealkylation sites (N-methyl/N-ethyl adjacent to an activating group) is 1. The zero-order valence-electron chi connectivity index (χ0n) is 10.8. The standard InChI is InChI=1S/C12H15N3O3S/c1-3-15(11(16)8-17-2)7-10-13-12(14-18-10)9-5-4-6-19-9/h4-6H,3,7-8H2,1-2H3. The van der Waals surface area contributed by atoms with Crippen LogP contribution in [0.15, 0.2) is 22.0 Å². The fourth-order valence-electron chi connectivity index (χ4n) is 1.58. The molecule has 0 atom stereocenters. The van der Waals surface area contributed by atoms with Gasteiger partial charge in [-0.05, 0) is 18.4 Å². The Morgan fingerprint density at radius 1 is 1.58 bits per heavy atom. The minimum absolute atomic E-state index is 0.0553. The summed E-state index contributed by atoms with van der Waals surface area (Å²) in [4.78, 5) is 18.6. The third-order valence-electron chi connectivity index (χ3n) is 2.54. The molecular formula is C12H15N3O3S. The summed E-state index contributed by atoms with van der Waals surface area (Å²) < 4.78 is 9.99. The van der Waals surface area contributed by atoms with Gasteiger partial charge in [0.25, 0.3) is 0 Å². The third kappa shape index (κ3) is 3.39. The van der Waals surface area contributed by atoms with Crippen LogP contribution in [0.1, 0.15) is 12.8 Å². The first-order valence-electron chi connectivity index (χ1n) is 5.87. The Bertz CT molecular complexity index is 524. The average Bonchev–Trinajstić information content (AvgIpc) is 3.06. The van der Waals surface area contributed by atoms with E-state index < -0.39 is 0 Å². The molecule has 0 spiro atoms. The Hall–Kier alpha value is -1.73. The Morgan fingerprint density at radius 3 is 3.05 bits per heavy atom. The quantitative estimate of drug-likeness (QED) is 0.807. The molecular weight excluding hydrogens is 266 g/mol. The summed E-state index contributed by atoms with van der Waals surface area (Å²) >= 11 is 1.54. The second-order valence-electron chi connectivity index (χ2n) is 3.83. The van der Waals surface area contributed by atoms with Crippen LogP contribution in [0.3, 0.4) is 0 Å². The maximum atomic E-state index is 11.7. The lowest BCUT2D eigenvalue weighted by Gasteiger charge is -2.17. The summed E-state index contributed by atoms with van der Waals surface area (Å²) in [7, 11) is 1.49. The molecule has 0 aromatic carbocycles. The molecule has 0 unspecified atom stereocenters. The van der Waals surface area contributed by atoms with Gasteiger partial charge in [0.05, 0.1) is 4.88 Å². The van der Waals surface area contributed by atoms with E-state index in [9.17, 15) is 4.79 Å². The van der Waals surface area contributed by atoms with Gasteiger partial charge >= 0.3 is 0 Å². The van der Waals surface area contributed by atoms with Gasteiger partial charge in [0, 0.05) is 13.7 Å². The highest BCUT2D eigenvalue weighted by molar-refractivity contribution is 7.13. The number of methoxy groups -OCH3 is 1. The van der Waals surface area contributed by atoms with Gasteiger partial charge < -0.3 is 14.2 Å². The summed E-state index contributed by atoms with van der Waals surface area (Å²) in [5.41, 5.74) is 0. The van der Waals surface area contributed by atoms with E-state index in [0.29, 0.717) is 24.8 Å². The fraction of sp³-hybridized carbons (Fsp3) is 0.417. The molecule has 0 radical (unpaired) electrons. The van der Waals surface area contributed by atoms with Crippen molar-refractivity contribution < 1.29 is 14.1 Å². The highest BCUT2D eigenvalue weighted by Gasteiger charge is 2.16. The summed E-state index contributed by atoms with van der Waals surface area (Å²) in [5.74, 6) is 0.885. The monoisotopic (exact) mass is 281 g/mol. The number of hydrogen-bond acceptors (Lipinski definition) is 6. The molecule has 0 aliphatic heterocycles. The number of nitrogens with zero attached hydrogens (tertiary/aromatic N) is 3. The predicted molar refractivity (Wildman–Crippen MR) is 70.6 cm³/mol. The predicted octanol–water partition coefficient (Wildman–Crippen LogP) is 1.79. The number of thiophene rings is 1. The van der Waals surface area contributed by atoms with Crippen molar-refractivity contribution in [3.63, 3.8) is 0 Å². The van der Waals surface area contributed by atoms with E-state index in [2.05, 4.69) is 10.1 Å². The van der Waals surface area contributed by atoms with E-state index in [1.807, 2.05) is 24.4 Å². The first-order valence-corrected chi connectivity index (χ1v) is 6.75. The maximum Gasteiger partial charge on any atom is 0.249 e. The zero-order valence-corrected chi connectivity index (χ0v) is 11.6. The molecule has 2 aromatic rings. The van der Waals surface area contributed by atoms with Gasteiger partial charge in [0.2, 0.25) is 17.6 Å². The number of aromatic nitrogens is 2. The molecule has 19 heavy (non-hydrogen) atoms. The lowest BCUT2D eigenvalue weighted by Crippen LogP contribution is -2.33. The molecule has 0 fully saturated rings. The van der Waals surface area contributed by atoms with Crippen LogP contribution >= 0.6 is 11.3 Å². The Kier molecular flexibility index (Phi) is 4.64. The SMILES string of the molecule is CCN(Cc1nc(-c2cccs2)no1)C(=O)COC. The molecule has 0 aliphatic rings. The second kappa shape index (κ2) is 6.44. The van der Waals surface area contributed by atoms with E-state index in [1.54, 1.807) is 16.2 Å². The number of ether oxygens (including phenoxy) is 1. The molecule has 1 amide bonds. The van der Waals surface area contributed by atoms with Crippen LogP contribution in [0.5, 0.6) is 0 Å². The fourth-order valence-corrected chi connectivity index (χ4v) is 2.23. The molecule has 0 bridgehead atoms. The third-order valence-corrected chi connectivity index (χ3v) is 3.40. The first kappa shape index (κ1) is 13.7. The number of hydrogen-bond donors (Lipinski definition) is 0. The largest absolute Gasteiger partial charge is 0.375 e. The highest BCUT2D eigenvalue weighted by Crippen LogP contribution is 2.21. The van der Waals surface area contributed by atoms with Gasteiger partial charge in [-0.15, -0.1) is 11.3 Å². The normalized spacial score (nSPS) is 10.6. The van der Waals surface area contributed by atoms with Gasteiger partial charge in [0.15, 0.2) is 0 Å². The van der Waals surface area contributed by atoms with Gasteiger partial charge in [-0.25, -0.2) is 0 Å². The summed E-state index contributed by atoms with van der Waals surface area (Å²) in [6.45, 7) is 2.82. The minimum Gasteiger partial charge on any atom is -0.375 e. The van der Waals surface area contributed by atoms with Gasteiger partial charge in [-0.2, -0.15) is 4.98 Å². The van der Waals surface area contributed by atoms with Crippen LogP contribution in [0, 0.1) is 0 Å². The van der Waals surface area contributed by atoms with Crippen LogP contribution in [-0.2, 0) is 16.1 Å². The topological polar surface area (TPSA) is 68.5 Å². The Balaban J connectivity index is 2.04. The molecule has 102 valence electrons. The molecule has 7 heteroatoms. The summed E-state index contributed by atoms with van der Waals surface area (Å²) in [5, 5.41) is 5.86. The van der Waals surface area contributed by atoms with Gasteiger partial charge in [-0.1, -0.05) is 11.2 Å². The lowest BCUT2D eigenvalue weighted by molar-refractivity contribution is -0.135. The van der Waals surface area contributed by atoms with Gasteiger partial charge in [0.1, 0.15) is 13.2 Å². The highest BCUT2D eigenvalue weighted by atomic mass is 32.1. The van der Waals surface area contributed by atoms with Crippen molar-refractivity contribution in [2.24, 2.45) is 0 Å². The van der Waals surface area contributed by atoms with Crippen LogP contribution in [0.25, 0.3) is 10.7 Å². The van der Waals surface area contributed by atoms with Crippen LogP contribution < -0.4 is 0 Å². The zero-order chi connectivity index (χ0) is 13.7. The summed E-state index contributed by atoms with van der Waals surface area (Å²) in [6.07, 6.45) is 0. The molecule has 0 N–H and O–H groups in total. The molecule has 0 saturated carbocycles. The maximum absolute atomic E-state index is 11.7. The number of rotatable bonds is 6. The first-order chi connectivity index (χ1) is 9.24. The van der Waals surface area contributed by atoms with Crippen LogP contribution in [0.4, 0.5) is 0 Å². The molecule has 2 aromatic heterocycles. The van der Waals surface area contributed by atoms with Gasteiger partial charge in [-0.3, -0.25) is 4.79 Å². The molecule has 2 rings (SSSR count). The second-order valence-corrected chi connectivity index (χ2v) is 4.78. The number of carbonyl (C=O) groups is 1. The summed E-state index contributed by atoms with van der Waals surface area (Å²) in [6, 6.07) is 3.85. The molecule has 0 aliphatic carbocycles. The van der Waals surface area contributed by atoms with Crippen molar-refractivity contribution in [1.82, 2.24) is 15.0 Å². The average molecular weight is 281 g/mol. The van der Waals surface area contributed by atoms with E-state index in [-0.39, 0.29) is 12.5 Å². The van der Waals surface area contributed by atoms with Crippen molar-refractivity contribution >= 4 is 17.2 Å². The van der Waals surface area contributed by atoms with Crippen molar-refractivity contribution in [2.45, 2.75) is 13.5 Å². The number of amides is 1. The van der Waals surface area contributed by atoms with E-state index in [1.165, 1.54) is 7.11 Å².